The summed E-state index contributed by atoms with van der Waals surface area (Å²) < 4.78 is 25.3. The monoisotopic (exact) mass is 336 g/mol. The van der Waals surface area contributed by atoms with Gasteiger partial charge in [0.1, 0.15) is 0 Å². The van der Waals surface area contributed by atoms with Crippen molar-refractivity contribution in [2.75, 3.05) is 0 Å². The van der Waals surface area contributed by atoms with Gasteiger partial charge in [0.2, 0.25) is 6.43 Å². The van der Waals surface area contributed by atoms with Gasteiger partial charge in [0, 0.05) is 11.8 Å². The Bertz CT molecular complexity index is 413. The van der Waals surface area contributed by atoms with Crippen LogP contribution in [0.5, 0.6) is 0 Å². The van der Waals surface area contributed by atoms with Gasteiger partial charge in [0.05, 0.1) is 0 Å². The molecule has 2 fully saturated rings. The lowest BCUT2D eigenvalue weighted by atomic mass is 9.79. The summed E-state index contributed by atoms with van der Waals surface area (Å²) in [7, 11) is 0. The summed E-state index contributed by atoms with van der Waals surface area (Å²) in [6.07, 6.45) is 16.1. The third-order valence-corrected chi connectivity index (χ3v) is 5.97. The van der Waals surface area contributed by atoms with Crippen molar-refractivity contribution in [3.63, 3.8) is 0 Å². The van der Waals surface area contributed by atoms with Gasteiger partial charge in [-0.1, -0.05) is 50.5 Å². The molecule has 136 valence electrons. The zero-order valence-corrected chi connectivity index (χ0v) is 15.3. The Morgan fingerprint density at radius 1 is 0.958 bits per heavy atom. The van der Waals surface area contributed by atoms with Crippen LogP contribution in [-0.4, -0.2) is 6.43 Å². The molecule has 0 aromatic heterocycles. The first kappa shape index (κ1) is 19.5. The second kappa shape index (κ2) is 10.9. The Labute approximate surface area is 147 Å². The third kappa shape index (κ3) is 6.96. The second-order valence-electron chi connectivity index (χ2n) is 7.87. The van der Waals surface area contributed by atoms with E-state index >= 15 is 0 Å². The minimum atomic E-state index is -2.14. The van der Waals surface area contributed by atoms with E-state index in [2.05, 4.69) is 24.8 Å². The first-order chi connectivity index (χ1) is 11.7. The van der Waals surface area contributed by atoms with E-state index in [0.29, 0.717) is 24.7 Å². The van der Waals surface area contributed by atoms with E-state index < -0.39 is 6.43 Å². The molecule has 0 N–H and O–H groups in total. The van der Waals surface area contributed by atoms with Gasteiger partial charge in [-0.25, -0.2) is 8.78 Å². The van der Waals surface area contributed by atoms with E-state index in [4.69, 9.17) is 0 Å². The average molecular weight is 337 g/mol. The molecule has 0 aromatic carbocycles. The summed E-state index contributed by atoms with van der Waals surface area (Å²) >= 11 is 0. The number of halogens is 2. The molecular weight excluding hydrogens is 302 g/mol. The number of rotatable bonds is 6. The topological polar surface area (TPSA) is 0 Å². The largest absolute Gasteiger partial charge is 0.241 e. The highest BCUT2D eigenvalue weighted by molar-refractivity contribution is 5.18. The quantitative estimate of drug-likeness (QED) is 0.362. The van der Waals surface area contributed by atoms with Gasteiger partial charge in [0.25, 0.3) is 0 Å². The fourth-order valence-electron chi connectivity index (χ4n) is 4.22. The molecular formula is C22H34F2. The molecule has 0 nitrogen and oxygen atoms in total. The maximum absolute atomic E-state index is 12.6. The normalized spacial score (nSPS) is 31.2. The van der Waals surface area contributed by atoms with Crippen molar-refractivity contribution in [3.8, 4) is 11.8 Å². The zero-order chi connectivity index (χ0) is 17.2. The second-order valence-corrected chi connectivity index (χ2v) is 7.87. The van der Waals surface area contributed by atoms with Crippen molar-refractivity contribution >= 4 is 0 Å². The van der Waals surface area contributed by atoms with E-state index in [1.165, 1.54) is 51.4 Å². The van der Waals surface area contributed by atoms with E-state index in [9.17, 15) is 8.78 Å². The van der Waals surface area contributed by atoms with Crippen LogP contribution in [0.25, 0.3) is 0 Å². The Balaban J connectivity index is 1.62. The molecule has 0 aliphatic heterocycles. The molecule has 2 heteroatoms. The SMILES string of the molecule is CCCCC[C@H]1CC[C@H](/C=C/C#C[C@H]2CC[C@H](C(F)F)CC2)CC1. The number of unbranched alkanes of at least 4 members (excludes halogenated alkanes) is 2. The van der Waals surface area contributed by atoms with Crippen molar-refractivity contribution in [2.45, 2.75) is 90.4 Å². The summed E-state index contributed by atoms with van der Waals surface area (Å²) in [6, 6.07) is 0. The van der Waals surface area contributed by atoms with Gasteiger partial charge >= 0.3 is 0 Å². The van der Waals surface area contributed by atoms with E-state index in [0.717, 1.165) is 18.8 Å². The van der Waals surface area contributed by atoms with Gasteiger partial charge in [-0.2, -0.15) is 0 Å². The fourth-order valence-corrected chi connectivity index (χ4v) is 4.22. The van der Waals surface area contributed by atoms with Crippen molar-refractivity contribution in [1.82, 2.24) is 0 Å². The summed E-state index contributed by atoms with van der Waals surface area (Å²) in [5, 5.41) is 0. The molecule has 0 amide bonds. The molecule has 0 spiro atoms. The summed E-state index contributed by atoms with van der Waals surface area (Å²) in [4.78, 5) is 0. The Kier molecular flexibility index (Phi) is 8.86. The van der Waals surface area contributed by atoms with Crippen molar-refractivity contribution in [3.05, 3.63) is 12.2 Å². The van der Waals surface area contributed by atoms with Crippen LogP contribution in [0, 0.1) is 35.5 Å². The van der Waals surface area contributed by atoms with Crippen LogP contribution in [0.3, 0.4) is 0 Å². The summed E-state index contributed by atoms with van der Waals surface area (Å²) in [6.45, 7) is 2.27. The summed E-state index contributed by atoms with van der Waals surface area (Å²) in [5.74, 6) is 8.07. The van der Waals surface area contributed by atoms with Crippen LogP contribution in [0.15, 0.2) is 12.2 Å². The van der Waals surface area contributed by atoms with Gasteiger partial charge in [0.15, 0.2) is 0 Å². The predicted molar refractivity (Wildman–Crippen MR) is 98.0 cm³/mol. The number of hydrogen-bond donors (Lipinski definition) is 0. The molecule has 24 heavy (non-hydrogen) atoms. The first-order valence-electron chi connectivity index (χ1n) is 10.1. The Hall–Kier alpha value is -0.840. The average Bonchev–Trinajstić information content (AvgIpc) is 2.60. The van der Waals surface area contributed by atoms with Crippen LogP contribution in [0.2, 0.25) is 0 Å². The maximum Gasteiger partial charge on any atom is 0.241 e. The molecule has 2 aliphatic carbocycles. The van der Waals surface area contributed by atoms with E-state index in [1.54, 1.807) is 0 Å². The van der Waals surface area contributed by atoms with Crippen molar-refractivity contribution in [1.29, 1.82) is 0 Å². The van der Waals surface area contributed by atoms with Crippen LogP contribution in [0.1, 0.15) is 84.0 Å². The van der Waals surface area contributed by atoms with Crippen LogP contribution >= 0.6 is 0 Å². The van der Waals surface area contributed by atoms with Crippen LogP contribution in [0.4, 0.5) is 8.78 Å². The molecule has 0 unspecified atom stereocenters. The van der Waals surface area contributed by atoms with E-state index in [1.807, 2.05) is 6.08 Å². The highest BCUT2D eigenvalue weighted by Gasteiger charge is 2.26. The highest BCUT2D eigenvalue weighted by Crippen LogP contribution is 2.33. The molecule has 0 bridgehead atoms. The molecule has 2 aliphatic rings. The molecule has 2 rings (SSSR count). The van der Waals surface area contributed by atoms with Gasteiger partial charge < -0.3 is 0 Å². The van der Waals surface area contributed by atoms with Crippen LogP contribution in [-0.2, 0) is 0 Å². The lowest BCUT2D eigenvalue weighted by Crippen LogP contribution is -2.19. The summed E-state index contributed by atoms with van der Waals surface area (Å²) in [5.41, 5.74) is 0. The highest BCUT2D eigenvalue weighted by atomic mass is 19.3. The molecule has 0 heterocycles. The van der Waals surface area contributed by atoms with Gasteiger partial charge in [-0.3, -0.25) is 0 Å². The van der Waals surface area contributed by atoms with E-state index in [-0.39, 0.29) is 5.92 Å². The minimum Gasteiger partial charge on any atom is -0.210 e. The maximum atomic E-state index is 12.6. The third-order valence-electron chi connectivity index (χ3n) is 5.97. The minimum absolute atomic E-state index is 0.332. The molecule has 0 radical (unpaired) electrons. The zero-order valence-electron chi connectivity index (χ0n) is 15.3. The predicted octanol–water partition coefficient (Wildman–Crippen LogP) is 7.00. The molecule has 2 saturated carbocycles. The smallest absolute Gasteiger partial charge is 0.210 e. The standard InChI is InChI=1S/C22H34F2/c1-2-3-4-7-18-10-12-19(13-11-18)8-5-6-9-20-14-16-21(17-15-20)22(23)24/h5,8,18-22H,2-4,7,10-17H2,1H3/b8-5+/t18-,19-,20-,21-. The lowest BCUT2D eigenvalue weighted by Gasteiger charge is -2.26. The molecule has 0 aromatic rings. The molecule has 0 saturated heterocycles. The van der Waals surface area contributed by atoms with Crippen molar-refractivity contribution in [2.24, 2.45) is 23.7 Å². The Morgan fingerprint density at radius 2 is 1.67 bits per heavy atom. The lowest BCUT2D eigenvalue weighted by molar-refractivity contribution is 0.0513. The van der Waals surface area contributed by atoms with Crippen LogP contribution < -0.4 is 0 Å². The number of hydrogen-bond acceptors (Lipinski definition) is 0. The van der Waals surface area contributed by atoms with Crippen molar-refractivity contribution < 1.29 is 8.78 Å². The number of alkyl halides is 2. The van der Waals surface area contributed by atoms with Gasteiger partial charge in [-0.05, 0) is 69.3 Å². The first-order valence-corrected chi connectivity index (χ1v) is 10.1. The van der Waals surface area contributed by atoms with Gasteiger partial charge in [-0.15, -0.1) is 0 Å². The number of allylic oxidation sites excluding steroid dienone is 2. The molecule has 0 atom stereocenters. The fraction of sp³-hybridized carbons (Fsp3) is 0.818. The Morgan fingerprint density at radius 3 is 2.29 bits per heavy atom.